The van der Waals surface area contributed by atoms with Gasteiger partial charge in [-0.05, 0) is 12.3 Å². The van der Waals surface area contributed by atoms with Crippen molar-refractivity contribution in [3.8, 4) is 0 Å². The highest BCUT2D eigenvalue weighted by molar-refractivity contribution is 8.02. The van der Waals surface area contributed by atoms with Gasteiger partial charge in [0, 0.05) is 6.20 Å². The fourth-order valence-corrected chi connectivity index (χ4v) is 0.921. The maximum Gasteiger partial charge on any atom is 0.0730 e. The van der Waals surface area contributed by atoms with Gasteiger partial charge in [0.25, 0.3) is 0 Å². The minimum Gasteiger partial charge on any atom is -0.379 e. The summed E-state index contributed by atoms with van der Waals surface area (Å²) in [6, 6.07) is 0. The number of hydrogen-bond donors (Lipinski definition) is 1. The summed E-state index contributed by atoms with van der Waals surface area (Å²) in [5.74, 6) is 0. The third kappa shape index (κ3) is 7.89. The predicted molar refractivity (Wildman–Crippen MR) is 52.0 cm³/mol. The minimum atomic E-state index is 0.602. The van der Waals surface area contributed by atoms with Gasteiger partial charge in [-0.1, -0.05) is 27.7 Å². The summed E-state index contributed by atoms with van der Waals surface area (Å²) in [4.78, 5) is 0. The molecule has 1 N–H and O–H groups in total. The van der Waals surface area contributed by atoms with Crippen LogP contribution in [-0.2, 0) is 0 Å². The molecule has 0 saturated heterocycles. The Morgan fingerprint density at radius 2 is 1.70 bits per heavy atom. The Labute approximate surface area is 69.3 Å². The Kier molecular flexibility index (Phi) is 14.6. The molecular formula is C8H19NS. The van der Waals surface area contributed by atoms with Crippen LogP contribution >= 0.6 is 11.8 Å². The molecule has 10 heavy (non-hydrogen) atoms. The molecule has 0 saturated carbocycles. The highest BCUT2D eigenvalue weighted by Crippen LogP contribution is 2.12. The Hall–Kier alpha value is -0.110. The molecule has 1 unspecified atom stereocenters. The largest absolute Gasteiger partial charge is 0.379 e. The van der Waals surface area contributed by atoms with E-state index < -0.39 is 0 Å². The molecule has 0 aromatic carbocycles. The Balaban J connectivity index is 0. The molecule has 62 valence electrons. The molecule has 1 heterocycles. The van der Waals surface area contributed by atoms with Gasteiger partial charge in [-0.2, -0.15) is 0 Å². The fraction of sp³-hybridized carbons (Fsp3) is 0.750. The number of rotatable bonds is 0. The van der Waals surface area contributed by atoms with E-state index in [1.54, 1.807) is 11.8 Å². The van der Waals surface area contributed by atoms with E-state index in [0.717, 1.165) is 0 Å². The first kappa shape index (κ1) is 12.6. The highest BCUT2D eigenvalue weighted by atomic mass is 32.2. The second kappa shape index (κ2) is 11.7. The van der Waals surface area contributed by atoms with E-state index in [2.05, 4.69) is 17.6 Å². The molecule has 0 aromatic rings. The predicted octanol–water partition coefficient (Wildman–Crippen LogP) is 3.19. The lowest BCUT2D eigenvalue weighted by Gasteiger charge is -1.96. The maximum absolute atomic E-state index is 3.10. The van der Waals surface area contributed by atoms with Crippen LogP contribution in [0.1, 0.15) is 34.6 Å². The smallest absolute Gasteiger partial charge is 0.0730 e. The average Bonchev–Trinajstić information content (AvgIpc) is 2.48. The number of thioether (sulfide) groups is 1. The van der Waals surface area contributed by atoms with Crippen molar-refractivity contribution in [3.63, 3.8) is 0 Å². The summed E-state index contributed by atoms with van der Waals surface area (Å²) < 4.78 is 0. The van der Waals surface area contributed by atoms with E-state index in [9.17, 15) is 0 Å². The van der Waals surface area contributed by atoms with Crippen LogP contribution in [0.5, 0.6) is 0 Å². The topological polar surface area (TPSA) is 12.0 Å². The summed E-state index contributed by atoms with van der Waals surface area (Å²) in [5, 5.41) is 5.76. The fourth-order valence-electron chi connectivity index (χ4n) is 0.371. The lowest BCUT2D eigenvalue weighted by atomic mass is 10.7. The third-order valence-corrected chi connectivity index (χ3v) is 1.52. The molecule has 1 atom stereocenters. The molecule has 1 aliphatic rings. The molecule has 1 rings (SSSR count). The van der Waals surface area contributed by atoms with Crippen LogP contribution in [0, 0.1) is 0 Å². The third-order valence-electron chi connectivity index (χ3n) is 0.682. The lowest BCUT2D eigenvalue weighted by Crippen LogP contribution is -2.09. The minimum absolute atomic E-state index is 0.602. The zero-order valence-corrected chi connectivity index (χ0v) is 8.46. The SMILES string of the molecule is CC.CC.CC1NC=CS1. The molecule has 0 amide bonds. The molecule has 2 heteroatoms. The molecular weight excluding hydrogens is 142 g/mol. The van der Waals surface area contributed by atoms with Crippen molar-refractivity contribution in [2.75, 3.05) is 0 Å². The van der Waals surface area contributed by atoms with Crippen molar-refractivity contribution >= 4 is 11.8 Å². The summed E-state index contributed by atoms with van der Waals surface area (Å²) in [7, 11) is 0. The van der Waals surface area contributed by atoms with Gasteiger partial charge in [-0.25, -0.2) is 0 Å². The first-order chi connectivity index (χ1) is 4.89. The van der Waals surface area contributed by atoms with Gasteiger partial charge < -0.3 is 5.32 Å². The molecule has 0 aromatic heterocycles. The van der Waals surface area contributed by atoms with Gasteiger partial charge in [0.05, 0.1) is 5.37 Å². The van der Waals surface area contributed by atoms with Crippen molar-refractivity contribution in [2.24, 2.45) is 0 Å². The number of nitrogens with one attached hydrogen (secondary N) is 1. The van der Waals surface area contributed by atoms with Gasteiger partial charge in [0.15, 0.2) is 0 Å². The van der Waals surface area contributed by atoms with E-state index in [-0.39, 0.29) is 0 Å². The summed E-state index contributed by atoms with van der Waals surface area (Å²) in [5.41, 5.74) is 0. The summed E-state index contributed by atoms with van der Waals surface area (Å²) in [6.07, 6.45) is 1.97. The van der Waals surface area contributed by atoms with Gasteiger partial charge in [-0.15, -0.1) is 11.8 Å². The first-order valence-electron chi connectivity index (χ1n) is 3.96. The summed E-state index contributed by atoms with van der Waals surface area (Å²) in [6.45, 7) is 10.1. The summed E-state index contributed by atoms with van der Waals surface area (Å²) >= 11 is 1.81. The Morgan fingerprint density at radius 3 is 1.80 bits per heavy atom. The molecule has 0 aliphatic carbocycles. The normalized spacial score (nSPS) is 19.5. The average molecular weight is 161 g/mol. The van der Waals surface area contributed by atoms with Crippen LogP contribution in [0.15, 0.2) is 11.6 Å². The van der Waals surface area contributed by atoms with Crippen LogP contribution in [0.25, 0.3) is 0 Å². The standard InChI is InChI=1S/C4H7NS.2C2H6/c1-4-5-2-3-6-4;2*1-2/h2-5H,1H3;2*1-2H3. The van der Waals surface area contributed by atoms with Gasteiger partial charge in [0.2, 0.25) is 0 Å². The monoisotopic (exact) mass is 161 g/mol. The van der Waals surface area contributed by atoms with E-state index >= 15 is 0 Å². The van der Waals surface area contributed by atoms with E-state index in [1.165, 1.54) is 0 Å². The Bertz CT molecular complexity index is 63.7. The van der Waals surface area contributed by atoms with Crippen LogP contribution < -0.4 is 5.32 Å². The quantitative estimate of drug-likeness (QED) is 0.585. The zero-order valence-electron chi connectivity index (χ0n) is 7.64. The van der Waals surface area contributed by atoms with E-state index in [4.69, 9.17) is 0 Å². The molecule has 0 radical (unpaired) electrons. The van der Waals surface area contributed by atoms with Crippen LogP contribution in [0.4, 0.5) is 0 Å². The molecule has 0 fully saturated rings. The van der Waals surface area contributed by atoms with Gasteiger partial charge >= 0.3 is 0 Å². The van der Waals surface area contributed by atoms with Crippen molar-refractivity contribution in [2.45, 2.75) is 40.0 Å². The highest BCUT2D eigenvalue weighted by Gasteiger charge is 1.98. The van der Waals surface area contributed by atoms with Crippen molar-refractivity contribution in [1.29, 1.82) is 0 Å². The van der Waals surface area contributed by atoms with Crippen molar-refractivity contribution in [1.82, 2.24) is 5.32 Å². The van der Waals surface area contributed by atoms with E-state index in [0.29, 0.717) is 5.37 Å². The van der Waals surface area contributed by atoms with Crippen molar-refractivity contribution in [3.05, 3.63) is 11.6 Å². The first-order valence-corrected chi connectivity index (χ1v) is 4.90. The Morgan fingerprint density at radius 1 is 1.20 bits per heavy atom. The second-order valence-corrected chi connectivity index (χ2v) is 2.50. The van der Waals surface area contributed by atoms with E-state index in [1.807, 2.05) is 33.9 Å². The molecule has 0 spiro atoms. The van der Waals surface area contributed by atoms with Gasteiger partial charge in [-0.3, -0.25) is 0 Å². The zero-order chi connectivity index (χ0) is 8.41. The van der Waals surface area contributed by atoms with Crippen LogP contribution in [0.3, 0.4) is 0 Å². The molecule has 1 nitrogen and oxygen atoms in total. The second-order valence-electron chi connectivity index (χ2n) is 1.25. The van der Waals surface area contributed by atoms with Crippen LogP contribution in [0.2, 0.25) is 0 Å². The molecule has 0 bridgehead atoms. The maximum atomic E-state index is 3.10. The molecule has 1 aliphatic heterocycles. The van der Waals surface area contributed by atoms with Crippen LogP contribution in [-0.4, -0.2) is 5.37 Å². The number of hydrogen-bond acceptors (Lipinski definition) is 2. The van der Waals surface area contributed by atoms with Gasteiger partial charge in [0.1, 0.15) is 0 Å². The van der Waals surface area contributed by atoms with Crippen molar-refractivity contribution < 1.29 is 0 Å². The lowest BCUT2D eigenvalue weighted by molar-refractivity contribution is 0.874.